The number of fused-ring (bicyclic) bond motifs is 1. The first kappa shape index (κ1) is 24.6. The molecule has 2 N–H and O–H groups in total. The fourth-order valence-electron chi connectivity index (χ4n) is 3.25. The van der Waals surface area contributed by atoms with Crippen molar-refractivity contribution in [3.8, 4) is 0 Å². The second-order valence-corrected chi connectivity index (χ2v) is 7.11. The molecule has 2 aliphatic heterocycles. The van der Waals surface area contributed by atoms with Crippen LogP contribution in [0, 0.1) is 11.3 Å². The Morgan fingerprint density at radius 1 is 1.34 bits per heavy atom. The summed E-state index contributed by atoms with van der Waals surface area (Å²) in [6.07, 6.45) is 11.4. The van der Waals surface area contributed by atoms with Gasteiger partial charge in [-0.2, -0.15) is 5.10 Å². The maximum absolute atomic E-state index is 6.08. The topological polar surface area (TPSA) is 76.3 Å². The lowest BCUT2D eigenvalue weighted by Crippen LogP contribution is -2.47. The first-order valence-corrected chi connectivity index (χ1v) is 10.4. The van der Waals surface area contributed by atoms with Crippen LogP contribution in [-0.2, 0) is 4.74 Å². The normalized spacial score (nSPS) is 19.9. The van der Waals surface area contributed by atoms with Gasteiger partial charge in [-0.3, -0.25) is 0 Å². The van der Waals surface area contributed by atoms with Crippen LogP contribution in [0.25, 0.3) is 0 Å². The molecule has 7 heteroatoms. The number of hydrazone groups is 1. The Balaban J connectivity index is 0.00000132. The van der Waals surface area contributed by atoms with Gasteiger partial charge in [0.15, 0.2) is 0 Å². The summed E-state index contributed by atoms with van der Waals surface area (Å²) in [6.45, 7) is 15.2. The fraction of sp³-hybridized carbons (Fsp3) is 0.591. The molecule has 2 aliphatic rings. The molecular formula is C22H38N6O. The predicted molar refractivity (Wildman–Crippen MR) is 124 cm³/mol. The number of nitrogens with zero attached hydrogens (tertiary/aromatic N) is 4. The van der Waals surface area contributed by atoms with E-state index < -0.39 is 0 Å². The van der Waals surface area contributed by atoms with E-state index in [1.165, 1.54) is 6.21 Å². The van der Waals surface area contributed by atoms with Crippen molar-refractivity contribution in [2.24, 2.45) is 16.0 Å². The molecule has 3 atom stereocenters. The molecule has 0 aliphatic carbocycles. The third-order valence-electron chi connectivity index (χ3n) is 4.62. The third kappa shape index (κ3) is 7.49. The highest BCUT2D eigenvalue weighted by Crippen LogP contribution is 2.25. The molecule has 29 heavy (non-hydrogen) atoms. The molecule has 0 saturated heterocycles. The number of nitrogens with one attached hydrogen (secondary N) is 2. The van der Waals surface area contributed by atoms with E-state index in [4.69, 9.17) is 15.2 Å². The summed E-state index contributed by atoms with van der Waals surface area (Å²) in [5.74, 6) is 2.13. The van der Waals surface area contributed by atoms with Crippen LogP contribution in [0.2, 0.25) is 0 Å². The highest BCUT2D eigenvalue weighted by molar-refractivity contribution is 6.06. The minimum Gasteiger partial charge on any atom is -0.505 e. The molecule has 0 amide bonds. The molecule has 0 fully saturated rings. The first-order valence-electron chi connectivity index (χ1n) is 10.4. The number of allylic oxidation sites excluding steroid dienone is 1. The molecule has 2 rings (SSSR count). The van der Waals surface area contributed by atoms with Crippen molar-refractivity contribution < 1.29 is 4.74 Å². The van der Waals surface area contributed by atoms with Crippen molar-refractivity contribution in [2.75, 3.05) is 26.7 Å². The predicted octanol–water partition coefficient (Wildman–Crippen LogP) is 3.63. The van der Waals surface area contributed by atoms with E-state index in [-0.39, 0.29) is 12.0 Å². The molecule has 0 aromatic rings. The Morgan fingerprint density at radius 2 is 2.03 bits per heavy atom. The zero-order chi connectivity index (χ0) is 21.8. The Bertz CT molecular complexity index is 664. The zero-order valence-corrected chi connectivity index (χ0v) is 19.0. The van der Waals surface area contributed by atoms with Gasteiger partial charge in [0.25, 0.3) is 0 Å². The lowest BCUT2D eigenvalue weighted by molar-refractivity contribution is 0.294. The molecule has 0 spiro atoms. The highest BCUT2D eigenvalue weighted by Gasteiger charge is 2.29. The van der Waals surface area contributed by atoms with Crippen LogP contribution in [0.1, 0.15) is 41.5 Å². The van der Waals surface area contributed by atoms with Gasteiger partial charge in [0.2, 0.25) is 0 Å². The van der Waals surface area contributed by atoms with E-state index in [9.17, 15) is 0 Å². The van der Waals surface area contributed by atoms with E-state index in [1.807, 2.05) is 11.9 Å². The molecule has 2 heterocycles. The van der Waals surface area contributed by atoms with E-state index >= 15 is 0 Å². The van der Waals surface area contributed by atoms with E-state index in [2.05, 4.69) is 67.2 Å². The van der Waals surface area contributed by atoms with Gasteiger partial charge in [0, 0.05) is 30.7 Å². The molecule has 3 unspecified atom stereocenters. The molecule has 162 valence electrons. The van der Waals surface area contributed by atoms with Crippen LogP contribution < -0.4 is 5.32 Å². The number of aliphatic imine (C=N–C) groups is 1. The number of ether oxygens (including phenoxy) is 1. The SMILES string of the molecule is CC=N.CCNC(C)CN(CC)C1=NN2C(=NC(C)=CC2C(C)/C=C/OC)C=C1. The first-order chi connectivity index (χ1) is 13.9. The van der Waals surface area contributed by atoms with Crippen LogP contribution in [0.5, 0.6) is 0 Å². The van der Waals surface area contributed by atoms with Crippen LogP contribution in [0.4, 0.5) is 0 Å². The highest BCUT2D eigenvalue weighted by atomic mass is 16.5. The Labute approximate surface area is 176 Å². The molecule has 0 saturated carbocycles. The van der Waals surface area contributed by atoms with Gasteiger partial charge in [-0.25, -0.2) is 10.0 Å². The summed E-state index contributed by atoms with van der Waals surface area (Å²) in [5.41, 5.74) is 1.02. The van der Waals surface area contributed by atoms with Crippen LogP contribution >= 0.6 is 0 Å². The van der Waals surface area contributed by atoms with Crippen molar-refractivity contribution in [2.45, 2.75) is 53.6 Å². The minimum atomic E-state index is 0.124. The van der Waals surface area contributed by atoms with Crippen molar-refractivity contribution in [3.63, 3.8) is 0 Å². The van der Waals surface area contributed by atoms with E-state index in [0.717, 1.165) is 37.0 Å². The van der Waals surface area contributed by atoms with E-state index in [0.29, 0.717) is 6.04 Å². The summed E-state index contributed by atoms with van der Waals surface area (Å²) in [7, 11) is 1.67. The largest absolute Gasteiger partial charge is 0.505 e. The lowest BCUT2D eigenvalue weighted by atomic mass is 9.98. The molecular weight excluding hydrogens is 364 g/mol. The summed E-state index contributed by atoms with van der Waals surface area (Å²) < 4.78 is 5.09. The second kappa shape index (κ2) is 12.9. The maximum Gasteiger partial charge on any atom is 0.149 e. The molecule has 0 bridgehead atoms. The van der Waals surface area contributed by atoms with Gasteiger partial charge in [0.1, 0.15) is 11.7 Å². The monoisotopic (exact) mass is 402 g/mol. The van der Waals surface area contributed by atoms with Gasteiger partial charge >= 0.3 is 0 Å². The average molecular weight is 403 g/mol. The minimum absolute atomic E-state index is 0.124. The fourth-order valence-corrected chi connectivity index (χ4v) is 3.25. The van der Waals surface area contributed by atoms with Crippen LogP contribution in [0.15, 0.2) is 46.4 Å². The third-order valence-corrected chi connectivity index (χ3v) is 4.62. The van der Waals surface area contributed by atoms with Gasteiger partial charge < -0.3 is 20.4 Å². The average Bonchev–Trinajstić information content (AvgIpc) is 2.70. The van der Waals surface area contributed by atoms with Gasteiger partial charge in [-0.15, -0.1) is 0 Å². The number of rotatable bonds is 8. The lowest BCUT2D eigenvalue weighted by Gasteiger charge is -2.37. The van der Waals surface area contributed by atoms with Crippen LogP contribution in [0.3, 0.4) is 0 Å². The summed E-state index contributed by atoms with van der Waals surface area (Å²) in [5, 5.41) is 16.5. The standard InChI is InChI=1S/C20H33N5O.C2H5N/c1-7-21-17(5)14-24(8-2)20-10-9-19-22-16(4)13-18(25(19)23-20)15(3)11-12-26-6;1-2-3/h9-13,15,17-18,21H,7-8,14H2,1-6H3;2-3H,1H3/b12-11+;. The van der Waals surface area contributed by atoms with Crippen molar-refractivity contribution in [1.82, 2.24) is 15.2 Å². The summed E-state index contributed by atoms with van der Waals surface area (Å²) in [6, 6.07) is 0.535. The van der Waals surface area contributed by atoms with Crippen LogP contribution in [-0.4, -0.2) is 66.6 Å². The van der Waals surface area contributed by atoms with Gasteiger partial charge in [0.05, 0.1) is 19.4 Å². The maximum atomic E-state index is 6.08. The molecule has 7 nitrogen and oxygen atoms in total. The number of hydrogen-bond donors (Lipinski definition) is 2. The smallest absolute Gasteiger partial charge is 0.149 e. The van der Waals surface area contributed by atoms with Crippen molar-refractivity contribution in [1.29, 1.82) is 5.41 Å². The molecule has 0 aromatic heterocycles. The Hall–Kier alpha value is -2.41. The molecule has 0 aromatic carbocycles. The van der Waals surface area contributed by atoms with Crippen molar-refractivity contribution in [3.05, 3.63) is 36.3 Å². The number of likely N-dealkylation sites (N-methyl/N-ethyl adjacent to an activating group) is 2. The Morgan fingerprint density at radius 3 is 2.62 bits per heavy atom. The second-order valence-electron chi connectivity index (χ2n) is 7.11. The molecule has 0 radical (unpaired) electrons. The zero-order valence-electron chi connectivity index (χ0n) is 19.0. The number of methoxy groups -OCH3 is 1. The van der Waals surface area contributed by atoms with Gasteiger partial charge in [-0.1, -0.05) is 13.8 Å². The van der Waals surface area contributed by atoms with E-state index in [1.54, 1.807) is 20.3 Å². The summed E-state index contributed by atoms with van der Waals surface area (Å²) in [4.78, 5) is 6.95. The quantitative estimate of drug-likeness (QED) is 0.480. The number of hydrogen-bond acceptors (Lipinski definition) is 7. The number of amidine groups is 2. The summed E-state index contributed by atoms with van der Waals surface area (Å²) >= 11 is 0. The Kier molecular flexibility index (Phi) is 11.0. The van der Waals surface area contributed by atoms with Gasteiger partial charge in [-0.05, 0) is 64.8 Å². The van der Waals surface area contributed by atoms with Crippen molar-refractivity contribution >= 4 is 17.9 Å².